The molecular weight excluding hydrogens is 240 g/mol. The highest BCUT2D eigenvalue weighted by Gasteiger charge is 2.58. The number of fused-ring (bicyclic) bond motifs is 1. The Kier molecular flexibility index (Phi) is 4.12. The zero-order valence-corrected chi connectivity index (χ0v) is 12.1. The lowest BCUT2D eigenvalue weighted by molar-refractivity contribution is -0.169. The maximum absolute atomic E-state index is 12.9. The van der Waals surface area contributed by atoms with Gasteiger partial charge >= 0.3 is 5.97 Å². The second-order valence-electron chi connectivity index (χ2n) is 5.94. The number of rotatable bonds is 2. The van der Waals surface area contributed by atoms with Crippen molar-refractivity contribution in [3.05, 3.63) is 12.2 Å². The second-order valence-corrected chi connectivity index (χ2v) is 5.94. The molecule has 0 N–H and O–H groups in total. The lowest BCUT2D eigenvalue weighted by Gasteiger charge is -2.42. The molecule has 3 heteroatoms. The highest BCUT2D eigenvalue weighted by molar-refractivity contribution is 6.06. The highest BCUT2D eigenvalue weighted by Crippen LogP contribution is 2.50. The molecular formula is C16H24O3. The van der Waals surface area contributed by atoms with Crippen LogP contribution in [0.5, 0.6) is 0 Å². The third kappa shape index (κ3) is 2.13. The number of esters is 1. The molecule has 0 aromatic heterocycles. The molecule has 2 aliphatic carbocycles. The Morgan fingerprint density at radius 1 is 1.42 bits per heavy atom. The van der Waals surface area contributed by atoms with E-state index in [1.807, 2.05) is 19.9 Å². The molecule has 0 heterocycles. The minimum absolute atomic E-state index is 0.0386. The first-order valence-electron chi connectivity index (χ1n) is 7.43. The van der Waals surface area contributed by atoms with Crippen LogP contribution in [0.2, 0.25) is 0 Å². The summed E-state index contributed by atoms with van der Waals surface area (Å²) in [6.45, 7) is 6.08. The van der Waals surface area contributed by atoms with Crippen molar-refractivity contribution in [1.29, 1.82) is 0 Å². The van der Waals surface area contributed by atoms with E-state index in [1.54, 1.807) is 6.92 Å². The summed E-state index contributed by atoms with van der Waals surface area (Å²) < 4.78 is 5.29. The SMILES string of the molecule is CCOC(=O)[C@@]12C(=O)[C@H](C)CCC[C@@H]1CC=C[C@H]2C. The molecule has 1 fully saturated rings. The Morgan fingerprint density at radius 3 is 2.84 bits per heavy atom. The van der Waals surface area contributed by atoms with E-state index in [2.05, 4.69) is 6.08 Å². The molecule has 2 rings (SSSR count). The number of hydrogen-bond donors (Lipinski definition) is 0. The van der Waals surface area contributed by atoms with Gasteiger partial charge in [0.1, 0.15) is 5.41 Å². The molecule has 0 spiro atoms. The molecule has 0 radical (unpaired) electrons. The van der Waals surface area contributed by atoms with E-state index in [1.165, 1.54) is 0 Å². The van der Waals surface area contributed by atoms with E-state index < -0.39 is 5.41 Å². The van der Waals surface area contributed by atoms with Crippen LogP contribution >= 0.6 is 0 Å². The van der Waals surface area contributed by atoms with Gasteiger partial charge in [0.25, 0.3) is 0 Å². The van der Waals surface area contributed by atoms with Gasteiger partial charge in [0.15, 0.2) is 5.78 Å². The first-order chi connectivity index (χ1) is 9.05. The molecule has 1 saturated carbocycles. The number of allylic oxidation sites excluding steroid dienone is 2. The molecule has 2 aliphatic rings. The monoisotopic (exact) mass is 264 g/mol. The summed E-state index contributed by atoms with van der Waals surface area (Å²) >= 11 is 0. The van der Waals surface area contributed by atoms with Gasteiger partial charge in [0, 0.05) is 5.92 Å². The van der Waals surface area contributed by atoms with Crippen molar-refractivity contribution < 1.29 is 14.3 Å². The molecule has 3 nitrogen and oxygen atoms in total. The van der Waals surface area contributed by atoms with Crippen LogP contribution in [0, 0.1) is 23.2 Å². The van der Waals surface area contributed by atoms with Crippen LogP contribution in [0.1, 0.15) is 46.5 Å². The number of carbonyl (C=O) groups excluding carboxylic acids is 2. The summed E-state index contributed by atoms with van der Waals surface area (Å²) in [5.41, 5.74) is -0.930. The predicted molar refractivity (Wildman–Crippen MR) is 73.5 cm³/mol. The molecule has 0 aromatic carbocycles. The lowest BCUT2D eigenvalue weighted by atomic mass is 9.59. The van der Waals surface area contributed by atoms with Gasteiger partial charge in [-0.1, -0.05) is 32.4 Å². The van der Waals surface area contributed by atoms with E-state index in [-0.39, 0.29) is 29.5 Å². The average molecular weight is 264 g/mol. The third-order valence-electron chi connectivity index (χ3n) is 4.87. The number of carbonyl (C=O) groups is 2. The van der Waals surface area contributed by atoms with Gasteiger partial charge in [-0.25, -0.2) is 0 Å². The Morgan fingerprint density at radius 2 is 2.16 bits per heavy atom. The number of hydrogen-bond acceptors (Lipinski definition) is 3. The fraction of sp³-hybridized carbons (Fsp3) is 0.750. The van der Waals surface area contributed by atoms with Gasteiger partial charge in [-0.15, -0.1) is 0 Å². The fourth-order valence-corrected chi connectivity index (χ4v) is 3.84. The smallest absolute Gasteiger partial charge is 0.320 e. The topological polar surface area (TPSA) is 43.4 Å². The summed E-state index contributed by atoms with van der Waals surface area (Å²) in [7, 11) is 0. The normalized spacial score (nSPS) is 38.5. The standard InChI is InChI=1S/C16H24O3/c1-4-19-15(18)16-12(3)8-6-10-13(16)9-5-7-11(2)14(16)17/h6,8,11-13H,4-5,7,9-10H2,1-3H3/t11-,12-,13-,16-/m1/s1. The Hall–Kier alpha value is -1.12. The first kappa shape index (κ1) is 14.3. The number of ketones is 1. The maximum Gasteiger partial charge on any atom is 0.320 e. The Bertz CT molecular complexity index is 399. The number of ether oxygens (including phenoxy) is 1. The molecule has 0 aromatic rings. The van der Waals surface area contributed by atoms with E-state index in [0.29, 0.717) is 6.61 Å². The summed E-state index contributed by atoms with van der Waals surface area (Å²) in [5.74, 6) is -0.174. The van der Waals surface area contributed by atoms with Crippen LogP contribution in [0.15, 0.2) is 12.2 Å². The molecule has 0 bridgehead atoms. The van der Waals surface area contributed by atoms with Crippen LogP contribution in [0.3, 0.4) is 0 Å². The first-order valence-corrected chi connectivity index (χ1v) is 7.43. The quantitative estimate of drug-likeness (QED) is 0.437. The molecule has 4 atom stereocenters. The number of Topliss-reactive ketones (excluding diaryl/α,β-unsaturated/α-hetero) is 1. The van der Waals surface area contributed by atoms with E-state index in [9.17, 15) is 9.59 Å². The summed E-state index contributed by atoms with van der Waals surface area (Å²) in [6.07, 6.45) is 7.83. The van der Waals surface area contributed by atoms with Crippen molar-refractivity contribution in [2.75, 3.05) is 6.61 Å². The van der Waals surface area contributed by atoms with Crippen LogP contribution in [-0.4, -0.2) is 18.4 Å². The minimum Gasteiger partial charge on any atom is -0.465 e. The summed E-state index contributed by atoms with van der Waals surface area (Å²) in [5, 5.41) is 0. The van der Waals surface area contributed by atoms with Gasteiger partial charge in [-0.05, 0) is 38.0 Å². The summed E-state index contributed by atoms with van der Waals surface area (Å²) in [4.78, 5) is 25.5. The van der Waals surface area contributed by atoms with E-state index >= 15 is 0 Å². The van der Waals surface area contributed by atoms with Gasteiger partial charge in [-0.2, -0.15) is 0 Å². The molecule has 106 valence electrons. The fourth-order valence-electron chi connectivity index (χ4n) is 3.84. The largest absolute Gasteiger partial charge is 0.465 e. The summed E-state index contributed by atoms with van der Waals surface area (Å²) in [6, 6.07) is 0. The second kappa shape index (κ2) is 5.48. The van der Waals surface area contributed by atoms with Gasteiger partial charge in [0.05, 0.1) is 6.61 Å². The van der Waals surface area contributed by atoms with Crippen molar-refractivity contribution in [3.63, 3.8) is 0 Å². The minimum atomic E-state index is -0.930. The lowest BCUT2D eigenvalue weighted by Crippen LogP contribution is -2.53. The van der Waals surface area contributed by atoms with Crippen LogP contribution in [0.4, 0.5) is 0 Å². The van der Waals surface area contributed by atoms with Crippen molar-refractivity contribution in [2.45, 2.75) is 46.5 Å². The molecule has 0 amide bonds. The van der Waals surface area contributed by atoms with Crippen LogP contribution < -0.4 is 0 Å². The van der Waals surface area contributed by atoms with Crippen molar-refractivity contribution in [1.82, 2.24) is 0 Å². The molecule has 0 saturated heterocycles. The third-order valence-corrected chi connectivity index (χ3v) is 4.87. The van der Waals surface area contributed by atoms with Crippen molar-refractivity contribution in [2.24, 2.45) is 23.2 Å². The van der Waals surface area contributed by atoms with Crippen LogP contribution in [0.25, 0.3) is 0 Å². The van der Waals surface area contributed by atoms with Crippen LogP contribution in [-0.2, 0) is 14.3 Å². The highest BCUT2D eigenvalue weighted by atomic mass is 16.5. The van der Waals surface area contributed by atoms with E-state index in [0.717, 1.165) is 25.7 Å². The van der Waals surface area contributed by atoms with Crippen molar-refractivity contribution in [3.8, 4) is 0 Å². The molecule has 0 aliphatic heterocycles. The van der Waals surface area contributed by atoms with Crippen molar-refractivity contribution >= 4 is 11.8 Å². The van der Waals surface area contributed by atoms with Gasteiger partial charge in [0.2, 0.25) is 0 Å². The Balaban J connectivity index is 2.50. The Labute approximate surface area is 115 Å². The molecule has 19 heavy (non-hydrogen) atoms. The molecule has 0 unspecified atom stereocenters. The van der Waals surface area contributed by atoms with Gasteiger partial charge < -0.3 is 4.74 Å². The zero-order valence-electron chi connectivity index (χ0n) is 12.1. The zero-order chi connectivity index (χ0) is 14.0. The predicted octanol–water partition coefficient (Wildman–Crippen LogP) is 3.14. The average Bonchev–Trinajstić information content (AvgIpc) is 2.50. The maximum atomic E-state index is 12.9. The van der Waals surface area contributed by atoms with E-state index in [4.69, 9.17) is 4.74 Å². The van der Waals surface area contributed by atoms with Gasteiger partial charge in [-0.3, -0.25) is 9.59 Å².